The number of nitrogens with one attached hydrogen (secondary N) is 1. The van der Waals surface area contributed by atoms with Crippen molar-refractivity contribution in [2.45, 2.75) is 0 Å². The lowest BCUT2D eigenvalue weighted by Crippen LogP contribution is -2.19. The van der Waals surface area contributed by atoms with Crippen LogP contribution >= 0.6 is 11.8 Å². The highest BCUT2D eigenvalue weighted by atomic mass is 32.2. The third kappa shape index (κ3) is 3.72. The molecule has 0 saturated carbocycles. The van der Waals surface area contributed by atoms with E-state index in [0.29, 0.717) is 22.4 Å². The monoisotopic (exact) mass is 279 g/mol. The summed E-state index contributed by atoms with van der Waals surface area (Å²) in [6, 6.07) is 5.40. The lowest BCUT2D eigenvalue weighted by atomic mass is 10.2. The lowest BCUT2D eigenvalue weighted by molar-refractivity contribution is -0.116. The smallest absolute Gasteiger partial charge is 0.236 e. The standard InChI is InChI=1S/C12H13N3O3S/c1-17-9-3-8(4-10(5-9)18-2)6-13-15-12-14-11(16)7-19-12/h3-6H,7H2,1-2H3,(H,14,15,16)/b13-6-. The number of carbonyl (C=O) groups excluding carboxylic acids is 1. The molecule has 0 aliphatic carbocycles. The number of ether oxygens (including phenoxy) is 2. The molecule has 1 aromatic carbocycles. The lowest BCUT2D eigenvalue weighted by Gasteiger charge is -2.04. The van der Waals surface area contributed by atoms with Gasteiger partial charge in [-0.1, -0.05) is 11.8 Å². The normalized spacial score (nSPS) is 16.9. The van der Waals surface area contributed by atoms with Gasteiger partial charge in [0.15, 0.2) is 5.17 Å². The van der Waals surface area contributed by atoms with E-state index in [9.17, 15) is 4.79 Å². The molecule has 2 rings (SSSR count). The largest absolute Gasteiger partial charge is 0.497 e. The van der Waals surface area contributed by atoms with Gasteiger partial charge in [0, 0.05) is 11.6 Å². The molecule has 0 radical (unpaired) electrons. The van der Waals surface area contributed by atoms with Crippen LogP contribution < -0.4 is 14.8 Å². The minimum absolute atomic E-state index is 0.0537. The number of benzene rings is 1. The molecule has 1 aromatic rings. The van der Waals surface area contributed by atoms with E-state index in [1.165, 1.54) is 11.8 Å². The number of hydrogen-bond acceptors (Lipinski definition) is 6. The second kappa shape index (κ2) is 6.24. The van der Waals surface area contributed by atoms with Crippen LogP contribution in [-0.4, -0.2) is 37.3 Å². The van der Waals surface area contributed by atoms with E-state index in [1.807, 2.05) is 12.1 Å². The molecule has 19 heavy (non-hydrogen) atoms. The summed E-state index contributed by atoms with van der Waals surface area (Å²) in [5, 5.41) is 10.9. The van der Waals surface area contributed by atoms with Gasteiger partial charge in [-0.2, -0.15) is 5.10 Å². The number of methoxy groups -OCH3 is 2. The molecule has 1 N–H and O–H groups in total. The van der Waals surface area contributed by atoms with Crippen molar-refractivity contribution in [1.29, 1.82) is 0 Å². The van der Waals surface area contributed by atoms with Crippen LogP contribution in [-0.2, 0) is 4.79 Å². The van der Waals surface area contributed by atoms with Crippen LogP contribution in [0.25, 0.3) is 0 Å². The van der Waals surface area contributed by atoms with E-state index in [4.69, 9.17) is 9.47 Å². The molecule has 1 saturated heterocycles. The number of amidine groups is 1. The molecule has 1 aliphatic rings. The van der Waals surface area contributed by atoms with Crippen LogP contribution in [0.2, 0.25) is 0 Å². The van der Waals surface area contributed by atoms with Crippen LogP contribution in [0, 0.1) is 0 Å². The molecule has 1 fully saturated rings. The van der Waals surface area contributed by atoms with Crippen LogP contribution in [0.1, 0.15) is 5.56 Å². The topological polar surface area (TPSA) is 72.3 Å². The van der Waals surface area contributed by atoms with Crippen LogP contribution in [0.4, 0.5) is 0 Å². The van der Waals surface area contributed by atoms with Gasteiger partial charge < -0.3 is 14.8 Å². The first kappa shape index (κ1) is 13.4. The van der Waals surface area contributed by atoms with Gasteiger partial charge in [-0.05, 0) is 12.1 Å². The molecule has 0 aromatic heterocycles. The first-order chi connectivity index (χ1) is 9.21. The molecule has 1 heterocycles. The van der Waals surface area contributed by atoms with E-state index >= 15 is 0 Å². The Labute approximate surface area is 114 Å². The van der Waals surface area contributed by atoms with E-state index in [-0.39, 0.29) is 5.91 Å². The summed E-state index contributed by atoms with van der Waals surface area (Å²) in [6.07, 6.45) is 1.57. The van der Waals surface area contributed by atoms with Crippen molar-refractivity contribution < 1.29 is 14.3 Å². The van der Waals surface area contributed by atoms with Crippen molar-refractivity contribution in [2.24, 2.45) is 10.2 Å². The third-order valence-electron chi connectivity index (χ3n) is 2.32. The number of nitrogens with zero attached hydrogens (tertiary/aromatic N) is 2. The minimum Gasteiger partial charge on any atom is -0.497 e. The Kier molecular flexibility index (Phi) is 4.40. The van der Waals surface area contributed by atoms with Gasteiger partial charge in [0.25, 0.3) is 0 Å². The third-order valence-corrected chi connectivity index (χ3v) is 3.18. The van der Waals surface area contributed by atoms with Gasteiger partial charge >= 0.3 is 0 Å². The predicted octanol–water partition coefficient (Wildman–Crippen LogP) is 1.26. The summed E-state index contributed by atoms with van der Waals surface area (Å²) >= 11 is 1.33. The highest BCUT2D eigenvalue weighted by Gasteiger charge is 2.15. The molecule has 0 bridgehead atoms. The second-order valence-corrected chi connectivity index (χ2v) is 4.60. The maximum atomic E-state index is 11.0. The number of hydrogen-bond donors (Lipinski definition) is 1. The Morgan fingerprint density at radius 2 is 1.95 bits per heavy atom. The highest BCUT2D eigenvalue weighted by Crippen LogP contribution is 2.21. The number of amides is 1. The average molecular weight is 279 g/mol. The maximum Gasteiger partial charge on any atom is 0.236 e. The molecular weight excluding hydrogens is 266 g/mol. The maximum absolute atomic E-state index is 11.0. The van der Waals surface area contributed by atoms with Crippen molar-refractivity contribution >= 4 is 29.1 Å². The first-order valence-electron chi connectivity index (χ1n) is 5.48. The summed E-state index contributed by atoms with van der Waals surface area (Å²) < 4.78 is 10.3. The van der Waals surface area contributed by atoms with Gasteiger partial charge in [0.05, 0.1) is 26.2 Å². The molecule has 0 spiro atoms. The van der Waals surface area contributed by atoms with E-state index in [0.717, 1.165) is 5.56 Å². The summed E-state index contributed by atoms with van der Waals surface area (Å²) in [6.45, 7) is 0. The quantitative estimate of drug-likeness (QED) is 0.665. The number of rotatable bonds is 4. The van der Waals surface area contributed by atoms with Crippen LogP contribution in [0.3, 0.4) is 0 Å². The zero-order valence-corrected chi connectivity index (χ0v) is 11.4. The SMILES string of the molecule is COc1cc(/C=N\N=C2\NC(=O)CS2)cc(OC)c1. The fourth-order valence-corrected chi connectivity index (χ4v) is 2.06. The molecule has 0 atom stereocenters. The minimum atomic E-state index is -0.0537. The van der Waals surface area contributed by atoms with Gasteiger partial charge in [0.2, 0.25) is 5.91 Å². The van der Waals surface area contributed by atoms with Gasteiger partial charge in [-0.25, -0.2) is 0 Å². The van der Waals surface area contributed by atoms with E-state index in [1.54, 1.807) is 26.5 Å². The number of carbonyl (C=O) groups is 1. The molecule has 1 aliphatic heterocycles. The van der Waals surface area contributed by atoms with Crippen molar-refractivity contribution in [3.63, 3.8) is 0 Å². The molecule has 7 heteroatoms. The van der Waals surface area contributed by atoms with Crippen molar-refractivity contribution in [2.75, 3.05) is 20.0 Å². The van der Waals surface area contributed by atoms with E-state index in [2.05, 4.69) is 15.5 Å². The Balaban J connectivity index is 2.11. The Hall–Kier alpha value is -2.02. The van der Waals surface area contributed by atoms with Crippen molar-refractivity contribution in [3.8, 4) is 11.5 Å². The van der Waals surface area contributed by atoms with E-state index < -0.39 is 0 Å². The predicted molar refractivity (Wildman–Crippen MR) is 75.2 cm³/mol. The molecule has 1 amide bonds. The fraction of sp³-hybridized carbons (Fsp3) is 0.250. The van der Waals surface area contributed by atoms with Crippen molar-refractivity contribution in [1.82, 2.24) is 5.32 Å². The van der Waals surface area contributed by atoms with Gasteiger partial charge in [-0.3, -0.25) is 4.79 Å². The second-order valence-electron chi connectivity index (χ2n) is 3.63. The summed E-state index contributed by atoms with van der Waals surface area (Å²) in [5.74, 6) is 1.69. The highest BCUT2D eigenvalue weighted by molar-refractivity contribution is 8.15. The number of thioether (sulfide) groups is 1. The van der Waals surface area contributed by atoms with Crippen LogP contribution in [0.5, 0.6) is 11.5 Å². The first-order valence-corrected chi connectivity index (χ1v) is 6.46. The van der Waals surface area contributed by atoms with Gasteiger partial charge in [0.1, 0.15) is 11.5 Å². The summed E-state index contributed by atoms with van der Waals surface area (Å²) in [4.78, 5) is 11.0. The average Bonchev–Trinajstić information content (AvgIpc) is 2.84. The molecule has 100 valence electrons. The van der Waals surface area contributed by atoms with Gasteiger partial charge in [-0.15, -0.1) is 5.10 Å². The molecule has 6 nitrogen and oxygen atoms in total. The summed E-state index contributed by atoms with van der Waals surface area (Å²) in [5.41, 5.74) is 0.801. The Bertz CT molecular complexity index is 521. The fourth-order valence-electron chi connectivity index (χ4n) is 1.43. The summed E-state index contributed by atoms with van der Waals surface area (Å²) in [7, 11) is 3.17. The van der Waals surface area contributed by atoms with Crippen molar-refractivity contribution in [3.05, 3.63) is 23.8 Å². The Morgan fingerprint density at radius 1 is 1.26 bits per heavy atom. The molecular formula is C12H13N3O3S. The zero-order valence-electron chi connectivity index (χ0n) is 10.5. The zero-order chi connectivity index (χ0) is 13.7. The Morgan fingerprint density at radius 3 is 2.47 bits per heavy atom. The van der Waals surface area contributed by atoms with Crippen LogP contribution in [0.15, 0.2) is 28.4 Å². The molecule has 0 unspecified atom stereocenters.